The Morgan fingerprint density at radius 2 is 1.87 bits per heavy atom. The minimum Gasteiger partial charge on any atom is -0.320 e. The first-order valence-corrected chi connectivity index (χ1v) is 7.87. The van der Waals surface area contributed by atoms with Gasteiger partial charge in [0.15, 0.2) is 5.84 Å². The molecule has 0 saturated carbocycles. The minimum absolute atomic E-state index is 0.507. The summed E-state index contributed by atoms with van der Waals surface area (Å²) in [5.41, 5.74) is 5.11. The number of rotatable bonds is 1. The third kappa shape index (κ3) is 2.55. The lowest BCUT2D eigenvalue weighted by molar-refractivity contribution is 1.03. The molecule has 0 radical (unpaired) electrons. The van der Waals surface area contributed by atoms with Crippen molar-refractivity contribution in [2.24, 2.45) is 15.2 Å². The Balaban J connectivity index is 1.92. The topological polar surface area (TPSA) is 40.3 Å². The lowest BCUT2D eigenvalue weighted by Gasteiger charge is -2.27. The van der Waals surface area contributed by atoms with E-state index in [9.17, 15) is 0 Å². The summed E-state index contributed by atoms with van der Waals surface area (Å²) in [5, 5.41) is 9.25. The van der Waals surface area contributed by atoms with Gasteiger partial charge in [0.25, 0.3) is 0 Å². The van der Waals surface area contributed by atoms with Gasteiger partial charge in [0.2, 0.25) is 0 Å². The quantitative estimate of drug-likeness (QED) is 0.787. The molecule has 0 bridgehead atoms. The molecule has 0 saturated heterocycles. The number of fused-ring (bicyclic) bond motifs is 3. The highest BCUT2D eigenvalue weighted by Gasteiger charge is 2.26. The molecule has 5 heteroatoms. The monoisotopic (exact) mass is 322 g/mol. The Morgan fingerprint density at radius 1 is 1.04 bits per heavy atom. The van der Waals surface area contributed by atoms with E-state index in [1.807, 2.05) is 43.3 Å². The number of hydrogen-bond donors (Lipinski definition) is 0. The Kier molecular flexibility index (Phi) is 3.46. The second kappa shape index (κ2) is 5.63. The van der Waals surface area contributed by atoms with Gasteiger partial charge in [0, 0.05) is 16.1 Å². The fourth-order valence-corrected chi connectivity index (χ4v) is 3.07. The van der Waals surface area contributed by atoms with Crippen molar-refractivity contribution in [1.29, 1.82) is 0 Å². The highest BCUT2D eigenvalue weighted by molar-refractivity contribution is 6.32. The molecule has 114 valence electrons. The molecule has 2 aromatic carbocycles. The first kappa shape index (κ1) is 14.2. The van der Waals surface area contributed by atoms with E-state index in [4.69, 9.17) is 16.6 Å². The highest BCUT2D eigenvalue weighted by Crippen LogP contribution is 2.30. The maximum absolute atomic E-state index is 6.26. The Hall–Kier alpha value is -2.46. The molecule has 0 spiro atoms. The SMILES string of the molecule is CC1=NN=C2CN=C(c3ccccc3)c3cc(Cl)ccc3N2C1. The van der Waals surface area contributed by atoms with Crippen LogP contribution in [0, 0.1) is 0 Å². The van der Waals surface area contributed by atoms with Crippen LogP contribution in [0.1, 0.15) is 18.1 Å². The van der Waals surface area contributed by atoms with Crippen molar-refractivity contribution in [3.63, 3.8) is 0 Å². The van der Waals surface area contributed by atoms with Crippen molar-refractivity contribution >= 4 is 34.5 Å². The fraction of sp³-hybridized carbons (Fsp3) is 0.167. The van der Waals surface area contributed by atoms with Gasteiger partial charge in [-0.2, -0.15) is 5.10 Å². The lowest BCUT2D eigenvalue weighted by Crippen LogP contribution is -2.38. The Morgan fingerprint density at radius 3 is 2.70 bits per heavy atom. The molecule has 4 rings (SSSR count). The Bertz CT molecular complexity index is 853. The molecule has 4 nitrogen and oxygen atoms in total. The zero-order valence-electron chi connectivity index (χ0n) is 12.7. The van der Waals surface area contributed by atoms with Gasteiger partial charge in [-0.3, -0.25) is 4.99 Å². The van der Waals surface area contributed by atoms with Crippen LogP contribution in [0.15, 0.2) is 63.7 Å². The molecule has 2 aromatic rings. The summed E-state index contributed by atoms with van der Waals surface area (Å²) in [7, 11) is 0. The van der Waals surface area contributed by atoms with E-state index in [1.165, 1.54) is 0 Å². The molecule has 2 aliphatic rings. The molecule has 0 amide bonds. The largest absolute Gasteiger partial charge is 0.320 e. The fourth-order valence-electron chi connectivity index (χ4n) is 2.90. The van der Waals surface area contributed by atoms with Gasteiger partial charge in [-0.15, -0.1) is 5.10 Å². The number of benzene rings is 2. The second-order valence-electron chi connectivity index (χ2n) is 5.63. The predicted molar refractivity (Wildman–Crippen MR) is 96.3 cm³/mol. The minimum atomic E-state index is 0.507. The maximum Gasteiger partial charge on any atom is 0.154 e. The lowest BCUT2D eigenvalue weighted by atomic mass is 10.00. The third-order valence-electron chi connectivity index (χ3n) is 3.96. The van der Waals surface area contributed by atoms with E-state index in [1.54, 1.807) is 0 Å². The van der Waals surface area contributed by atoms with Gasteiger partial charge in [-0.1, -0.05) is 41.9 Å². The van der Waals surface area contributed by atoms with Crippen molar-refractivity contribution in [3.05, 3.63) is 64.7 Å². The van der Waals surface area contributed by atoms with Crippen molar-refractivity contribution in [1.82, 2.24) is 0 Å². The summed E-state index contributed by atoms with van der Waals surface area (Å²) in [6.45, 7) is 3.22. The molecule has 0 aromatic heterocycles. The van der Waals surface area contributed by atoms with Crippen LogP contribution in [0.3, 0.4) is 0 Å². The van der Waals surface area contributed by atoms with E-state index < -0.39 is 0 Å². The zero-order chi connectivity index (χ0) is 15.8. The molecule has 0 aliphatic carbocycles. The van der Waals surface area contributed by atoms with E-state index >= 15 is 0 Å². The van der Waals surface area contributed by atoms with Crippen LogP contribution in [0.5, 0.6) is 0 Å². The molecular formula is C18H15ClN4. The smallest absolute Gasteiger partial charge is 0.154 e. The molecule has 0 fully saturated rings. The summed E-state index contributed by atoms with van der Waals surface area (Å²) < 4.78 is 0. The standard InChI is InChI=1S/C18H15ClN4/c1-12-11-23-16-8-7-14(19)9-15(16)18(13-5-3-2-4-6-13)20-10-17(23)22-21-12/h2-9H,10-11H2,1H3. The molecule has 2 heterocycles. The van der Waals surface area contributed by atoms with E-state index in [0.717, 1.165) is 40.6 Å². The number of amidine groups is 1. The van der Waals surface area contributed by atoms with Gasteiger partial charge in [0.05, 0.1) is 30.2 Å². The summed E-state index contributed by atoms with van der Waals surface area (Å²) in [5.74, 6) is 0.866. The number of anilines is 1. The number of halogens is 1. The van der Waals surface area contributed by atoms with Gasteiger partial charge in [0.1, 0.15) is 0 Å². The van der Waals surface area contributed by atoms with Crippen LogP contribution < -0.4 is 4.90 Å². The van der Waals surface area contributed by atoms with Crippen molar-refractivity contribution in [2.75, 3.05) is 18.0 Å². The number of nitrogens with zero attached hydrogens (tertiary/aromatic N) is 4. The van der Waals surface area contributed by atoms with Crippen LogP contribution in [0.2, 0.25) is 5.02 Å². The molecular weight excluding hydrogens is 308 g/mol. The van der Waals surface area contributed by atoms with Crippen LogP contribution in [-0.4, -0.2) is 30.3 Å². The first-order chi connectivity index (χ1) is 11.2. The maximum atomic E-state index is 6.26. The van der Waals surface area contributed by atoms with Crippen LogP contribution in [0.25, 0.3) is 0 Å². The van der Waals surface area contributed by atoms with Crippen LogP contribution >= 0.6 is 11.6 Å². The van der Waals surface area contributed by atoms with E-state index in [-0.39, 0.29) is 0 Å². The molecule has 0 unspecified atom stereocenters. The van der Waals surface area contributed by atoms with Crippen molar-refractivity contribution in [3.8, 4) is 0 Å². The average molecular weight is 323 g/mol. The molecule has 0 N–H and O–H groups in total. The first-order valence-electron chi connectivity index (χ1n) is 7.50. The normalized spacial score (nSPS) is 16.6. The van der Waals surface area contributed by atoms with Gasteiger partial charge in [-0.05, 0) is 25.1 Å². The van der Waals surface area contributed by atoms with Crippen molar-refractivity contribution < 1.29 is 0 Å². The summed E-state index contributed by atoms with van der Waals surface area (Å²) in [4.78, 5) is 6.98. The molecule has 0 atom stereocenters. The van der Waals surface area contributed by atoms with Crippen molar-refractivity contribution in [2.45, 2.75) is 6.92 Å². The summed E-state index contributed by atoms with van der Waals surface area (Å²) in [6.07, 6.45) is 0. The summed E-state index contributed by atoms with van der Waals surface area (Å²) >= 11 is 6.26. The zero-order valence-corrected chi connectivity index (χ0v) is 13.5. The average Bonchev–Trinajstić information content (AvgIpc) is 2.72. The van der Waals surface area contributed by atoms with E-state index in [0.29, 0.717) is 11.6 Å². The molecule has 23 heavy (non-hydrogen) atoms. The van der Waals surface area contributed by atoms with Gasteiger partial charge < -0.3 is 4.90 Å². The number of hydrogen-bond acceptors (Lipinski definition) is 4. The predicted octanol–water partition coefficient (Wildman–Crippen LogP) is 3.79. The summed E-state index contributed by atoms with van der Waals surface area (Å²) in [6, 6.07) is 16.1. The molecule has 2 aliphatic heterocycles. The van der Waals surface area contributed by atoms with E-state index in [2.05, 4.69) is 27.2 Å². The van der Waals surface area contributed by atoms with Gasteiger partial charge >= 0.3 is 0 Å². The van der Waals surface area contributed by atoms with Crippen LogP contribution in [0.4, 0.5) is 5.69 Å². The third-order valence-corrected chi connectivity index (χ3v) is 4.20. The second-order valence-corrected chi connectivity index (χ2v) is 6.07. The highest BCUT2D eigenvalue weighted by atomic mass is 35.5. The number of aliphatic imine (C=N–C) groups is 1. The van der Waals surface area contributed by atoms with Gasteiger partial charge in [-0.25, -0.2) is 0 Å². The van der Waals surface area contributed by atoms with Crippen LogP contribution in [-0.2, 0) is 0 Å². The Labute approximate surface area is 139 Å².